The van der Waals surface area contributed by atoms with Gasteiger partial charge in [-0.25, -0.2) is 4.99 Å². The molecule has 0 unspecified atom stereocenters. The Hall–Kier alpha value is -3.31. The van der Waals surface area contributed by atoms with Crippen molar-refractivity contribution in [3.05, 3.63) is 100 Å². The molecule has 0 aliphatic carbocycles. The minimum Gasteiger partial charge on any atom is -0.508 e. The van der Waals surface area contributed by atoms with Gasteiger partial charge in [-0.15, -0.1) is 0 Å². The van der Waals surface area contributed by atoms with Crippen LogP contribution in [0.5, 0.6) is 5.75 Å². The van der Waals surface area contributed by atoms with E-state index in [1.165, 1.54) is 11.8 Å². The maximum atomic E-state index is 13.1. The largest absolute Gasteiger partial charge is 0.508 e. The lowest BCUT2D eigenvalue weighted by Crippen LogP contribution is -2.28. The summed E-state index contributed by atoms with van der Waals surface area (Å²) in [5.74, 6) is 0.127. The van der Waals surface area contributed by atoms with Crippen LogP contribution in [-0.4, -0.2) is 21.1 Å². The second kappa shape index (κ2) is 8.37. The van der Waals surface area contributed by atoms with E-state index in [9.17, 15) is 9.90 Å². The molecule has 1 fully saturated rings. The average molecular weight is 401 g/mol. The number of phenols is 1. The number of aryl methyl sites for hydroxylation is 1. The fourth-order valence-electron chi connectivity index (χ4n) is 2.95. The van der Waals surface area contributed by atoms with Crippen molar-refractivity contribution in [3.8, 4) is 5.75 Å². The monoisotopic (exact) mass is 400 g/mol. The van der Waals surface area contributed by atoms with Crippen LogP contribution >= 0.6 is 11.8 Å². The molecule has 144 valence electrons. The third-order valence-corrected chi connectivity index (χ3v) is 5.53. The molecule has 29 heavy (non-hydrogen) atoms. The van der Waals surface area contributed by atoms with Gasteiger partial charge in [0, 0.05) is 0 Å². The predicted octanol–water partition coefficient (Wildman–Crippen LogP) is 5.50. The number of carbonyl (C=O) groups is 1. The summed E-state index contributed by atoms with van der Waals surface area (Å²) < 4.78 is 0. The van der Waals surface area contributed by atoms with Gasteiger partial charge in [0.2, 0.25) is 0 Å². The molecule has 0 atom stereocenters. The number of hydrogen-bond acceptors (Lipinski definition) is 4. The van der Waals surface area contributed by atoms with E-state index in [1.807, 2.05) is 67.6 Å². The van der Waals surface area contributed by atoms with Crippen molar-refractivity contribution in [1.29, 1.82) is 0 Å². The molecule has 0 aromatic heterocycles. The first-order chi connectivity index (χ1) is 14.1. The first kappa shape index (κ1) is 19.0. The van der Waals surface area contributed by atoms with Crippen molar-refractivity contribution in [2.24, 2.45) is 4.99 Å². The minimum absolute atomic E-state index is 0.0715. The Labute approximate surface area is 174 Å². The average Bonchev–Trinajstić information content (AvgIpc) is 3.01. The number of aliphatic imine (C=N–C) groups is 1. The molecule has 3 aromatic carbocycles. The number of amides is 1. The van der Waals surface area contributed by atoms with E-state index >= 15 is 0 Å². The summed E-state index contributed by atoms with van der Waals surface area (Å²) >= 11 is 1.37. The number of thioether (sulfide) groups is 1. The van der Waals surface area contributed by atoms with Crippen molar-refractivity contribution in [2.75, 3.05) is 0 Å². The summed E-state index contributed by atoms with van der Waals surface area (Å²) in [7, 11) is 0. The summed E-state index contributed by atoms with van der Waals surface area (Å²) in [4.78, 5) is 20.2. The van der Waals surface area contributed by atoms with Gasteiger partial charge >= 0.3 is 0 Å². The lowest BCUT2D eigenvalue weighted by atomic mass is 10.2. The van der Waals surface area contributed by atoms with Crippen molar-refractivity contribution in [1.82, 2.24) is 4.90 Å². The SMILES string of the molecule is Cc1ccc(N=C2S/C(=C/c3ccc(O)cc3)C(=O)N2Cc2ccccc2)cc1. The number of hydrogen-bond donors (Lipinski definition) is 1. The van der Waals surface area contributed by atoms with Crippen LogP contribution in [-0.2, 0) is 11.3 Å². The lowest BCUT2D eigenvalue weighted by molar-refractivity contribution is -0.122. The maximum Gasteiger partial charge on any atom is 0.267 e. The highest BCUT2D eigenvalue weighted by Gasteiger charge is 2.33. The molecule has 3 aromatic rings. The second-order valence-electron chi connectivity index (χ2n) is 6.81. The highest BCUT2D eigenvalue weighted by Crippen LogP contribution is 2.35. The van der Waals surface area contributed by atoms with Crippen molar-refractivity contribution >= 4 is 34.6 Å². The standard InChI is InChI=1S/C24H20N2O2S/c1-17-7-11-20(12-8-17)25-24-26(16-19-5-3-2-4-6-19)23(28)22(29-24)15-18-9-13-21(27)14-10-18/h2-15,27H,16H2,1H3/b22-15+,25-24?. The highest BCUT2D eigenvalue weighted by atomic mass is 32.2. The molecule has 1 amide bonds. The Morgan fingerprint density at radius 3 is 2.34 bits per heavy atom. The van der Waals surface area contributed by atoms with Gasteiger partial charge in [0.05, 0.1) is 17.1 Å². The van der Waals surface area contributed by atoms with Gasteiger partial charge in [-0.2, -0.15) is 0 Å². The van der Waals surface area contributed by atoms with Crippen LogP contribution in [0.2, 0.25) is 0 Å². The zero-order valence-corrected chi connectivity index (χ0v) is 16.8. The van der Waals surface area contributed by atoms with Gasteiger partial charge in [-0.05, 0) is 60.2 Å². The number of amidine groups is 1. The third-order valence-electron chi connectivity index (χ3n) is 4.52. The third kappa shape index (κ3) is 4.58. The second-order valence-corrected chi connectivity index (χ2v) is 7.82. The first-order valence-corrected chi connectivity index (χ1v) is 10.1. The fourth-order valence-corrected chi connectivity index (χ4v) is 3.95. The van der Waals surface area contributed by atoms with E-state index in [1.54, 1.807) is 29.2 Å². The van der Waals surface area contributed by atoms with Gasteiger partial charge in [-0.1, -0.05) is 60.2 Å². The number of benzene rings is 3. The minimum atomic E-state index is -0.0715. The number of carbonyl (C=O) groups excluding carboxylic acids is 1. The summed E-state index contributed by atoms with van der Waals surface area (Å²) in [6, 6.07) is 24.6. The molecule has 0 radical (unpaired) electrons. The van der Waals surface area contributed by atoms with Gasteiger partial charge in [-0.3, -0.25) is 9.69 Å². The van der Waals surface area contributed by atoms with Crippen LogP contribution < -0.4 is 0 Å². The van der Waals surface area contributed by atoms with E-state index in [0.717, 1.165) is 22.4 Å². The molecule has 1 N–H and O–H groups in total. The Balaban J connectivity index is 1.69. The van der Waals surface area contributed by atoms with Crippen LogP contribution in [0.3, 0.4) is 0 Å². The van der Waals surface area contributed by atoms with E-state index in [2.05, 4.69) is 0 Å². The smallest absolute Gasteiger partial charge is 0.267 e. The topological polar surface area (TPSA) is 52.9 Å². The molecule has 1 aliphatic heterocycles. The number of aromatic hydroxyl groups is 1. The molecule has 5 heteroatoms. The van der Waals surface area contributed by atoms with Gasteiger partial charge in [0.1, 0.15) is 5.75 Å². The molecular weight excluding hydrogens is 380 g/mol. The first-order valence-electron chi connectivity index (χ1n) is 9.28. The fraction of sp³-hybridized carbons (Fsp3) is 0.0833. The van der Waals surface area contributed by atoms with E-state index in [-0.39, 0.29) is 11.7 Å². The van der Waals surface area contributed by atoms with Gasteiger partial charge < -0.3 is 5.11 Å². The number of phenolic OH excluding ortho intramolecular Hbond substituents is 1. The quantitative estimate of drug-likeness (QED) is 0.588. The zero-order chi connectivity index (χ0) is 20.2. The molecule has 4 nitrogen and oxygen atoms in total. The van der Waals surface area contributed by atoms with E-state index < -0.39 is 0 Å². The Morgan fingerprint density at radius 1 is 0.966 bits per heavy atom. The lowest BCUT2D eigenvalue weighted by Gasteiger charge is -2.15. The number of rotatable bonds is 4. The van der Waals surface area contributed by atoms with Crippen LogP contribution in [0.15, 0.2) is 88.8 Å². The van der Waals surface area contributed by atoms with Crippen LogP contribution in [0.25, 0.3) is 6.08 Å². The summed E-state index contributed by atoms with van der Waals surface area (Å²) in [6.45, 7) is 2.50. The normalized spacial score (nSPS) is 16.7. The molecule has 0 spiro atoms. The van der Waals surface area contributed by atoms with Crippen molar-refractivity contribution < 1.29 is 9.90 Å². The Morgan fingerprint density at radius 2 is 1.66 bits per heavy atom. The molecule has 1 aliphatic rings. The van der Waals surface area contributed by atoms with Gasteiger partial charge in [0.15, 0.2) is 5.17 Å². The van der Waals surface area contributed by atoms with Crippen molar-refractivity contribution in [2.45, 2.75) is 13.5 Å². The van der Waals surface area contributed by atoms with Crippen LogP contribution in [0.1, 0.15) is 16.7 Å². The highest BCUT2D eigenvalue weighted by molar-refractivity contribution is 8.18. The van der Waals surface area contributed by atoms with E-state index in [0.29, 0.717) is 16.6 Å². The van der Waals surface area contributed by atoms with Crippen LogP contribution in [0.4, 0.5) is 5.69 Å². The molecule has 4 rings (SSSR count). The summed E-state index contributed by atoms with van der Waals surface area (Å²) in [5.41, 5.74) is 3.88. The van der Waals surface area contributed by atoms with Crippen LogP contribution in [0, 0.1) is 6.92 Å². The molecule has 0 bridgehead atoms. The summed E-state index contributed by atoms with van der Waals surface area (Å²) in [6.07, 6.45) is 1.84. The molecular formula is C24H20N2O2S. The molecule has 0 saturated carbocycles. The van der Waals surface area contributed by atoms with Gasteiger partial charge in [0.25, 0.3) is 5.91 Å². The predicted molar refractivity (Wildman–Crippen MR) is 119 cm³/mol. The van der Waals surface area contributed by atoms with Crippen molar-refractivity contribution in [3.63, 3.8) is 0 Å². The summed E-state index contributed by atoms with van der Waals surface area (Å²) in [5, 5.41) is 10.1. The molecule has 1 heterocycles. The number of nitrogens with zero attached hydrogens (tertiary/aromatic N) is 2. The Bertz CT molecular complexity index is 1070. The zero-order valence-electron chi connectivity index (χ0n) is 15.9. The molecule has 1 saturated heterocycles. The van der Waals surface area contributed by atoms with E-state index in [4.69, 9.17) is 4.99 Å². The maximum absolute atomic E-state index is 13.1. The Kier molecular flexibility index (Phi) is 5.49.